The SMILES string of the molecule is COc1ccc(N2CCN(C(=O)NC(C)C)C(C)C2=O)cc1OC. The number of methoxy groups -OCH3 is 2. The Labute approximate surface area is 142 Å². The number of carbonyl (C=O) groups excluding carboxylic acids is 2. The highest BCUT2D eigenvalue weighted by Gasteiger charge is 2.35. The van der Waals surface area contributed by atoms with Gasteiger partial charge in [-0.2, -0.15) is 0 Å². The minimum Gasteiger partial charge on any atom is -0.493 e. The fraction of sp³-hybridized carbons (Fsp3) is 0.529. The highest BCUT2D eigenvalue weighted by Crippen LogP contribution is 2.32. The van der Waals surface area contributed by atoms with Crippen molar-refractivity contribution in [1.29, 1.82) is 0 Å². The van der Waals surface area contributed by atoms with E-state index in [4.69, 9.17) is 9.47 Å². The van der Waals surface area contributed by atoms with Crippen molar-refractivity contribution in [2.24, 2.45) is 0 Å². The predicted molar refractivity (Wildman–Crippen MR) is 91.7 cm³/mol. The molecule has 1 aromatic rings. The van der Waals surface area contributed by atoms with E-state index in [-0.39, 0.29) is 18.0 Å². The van der Waals surface area contributed by atoms with Crippen LogP contribution >= 0.6 is 0 Å². The zero-order chi connectivity index (χ0) is 17.9. The van der Waals surface area contributed by atoms with Crippen molar-refractivity contribution >= 4 is 17.6 Å². The highest BCUT2D eigenvalue weighted by atomic mass is 16.5. The third-order valence-corrected chi connectivity index (χ3v) is 4.01. The molecule has 1 fully saturated rings. The largest absolute Gasteiger partial charge is 0.493 e. The summed E-state index contributed by atoms with van der Waals surface area (Å²) in [6.07, 6.45) is 0. The summed E-state index contributed by atoms with van der Waals surface area (Å²) in [5.41, 5.74) is 0.730. The summed E-state index contributed by atoms with van der Waals surface area (Å²) < 4.78 is 10.5. The summed E-state index contributed by atoms with van der Waals surface area (Å²) in [5, 5.41) is 2.83. The van der Waals surface area contributed by atoms with Crippen molar-refractivity contribution in [3.63, 3.8) is 0 Å². The van der Waals surface area contributed by atoms with Crippen LogP contribution in [0.1, 0.15) is 20.8 Å². The van der Waals surface area contributed by atoms with Gasteiger partial charge in [-0.15, -0.1) is 0 Å². The van der Waals surface area contributed by atoms with E-state index in [1.54, 1.807) is 43.1 Å². The zero-order valence-electron chi connectivity index (χ0n) is 14.8. The Hall–Kier alpha value is -2.44. The second-order valence-electron chi connectivity index (χ2n) is 6.00. The number of ether oxygens (including phenoxy) is 2. The van der Waals surface area contributed by atoms with Gasteiger partial charge in [0.25, 0.3) is 0 Å². The number of piperazine rings is 1. The van der Waals surface area contributed by atoms with Gasteiger partial charge < -0.3 is 24.6 Å². The highest BCUT2D eigenvalue weighted by molar-refractivity contribution is 6.00. The lowest BCUT2D eigenvalue weighted by atomic mass is 10.1. The predicted octanol–water partition coefficient (Wildman–Crippen LogP) is 1.86. The van der Waals surface area contributed by atoms with Gasteiger partial charge in [-0.3, -0.25) is 4.79 Å². The van der Waals surface area contributed by atoms with Gasteiger partial charge in [0.15, 0.2) is 11.5 Å². The lowest BCUT2D eigenvalue weighted by Gasteiger charge is -2.39. The molecule has 1 aliphatic rings. The molecule has 0 saturated carbocycles. The molecule has 7 heteroatoms. The van der Waals surface area contributed by atoms with Gasteiger partial charge in [-0.25, -0.2) is 4.79 Å². The molecular weight excluding hydrogens is 310 g/mol. The number of anilines is 1. The minimum absolute atomic E-state index is 0.0312. The lowest BCUT2D eigenvalue weighted by molar-refractivity contribution is -0.124. The first kappa shape index (κ1) is 17.9. The average molecular weight is 335 g/mol. The van der Waals surface area contributed by atoms with Crippen molar-refractivity contribution in [1.82, 2.24) is 10.2 Å². The van der Waals surface area contributed by atoms with Gasteiger partial charge >= 0.3 is 6.03 Å². The van der Waals surface area contributed by atoms with Crippen LogP contribution in [0.25, 0.3) is 0 Å². The quantitative estimate of drug-likeness (QED) is 0.912. The number of benzene rings is 1. The van der Waals surface area contributed by atoms with Crippen LogP contribution in [0.4, 0.5) is 10.5 Å². The standard InChI is InChI=1S/C17H25N3O4/c1-11(2)18-17(22)19-8-9-20(16(21)12(19)3)13-6-7-14(23-4)15(10-13)24-5/h6-7,10-12H,8-9H2,1-5H3,(H,18,22). The number of nitrogens with one attached hydrogen (secondary N) is 1. The smallest absolute Gasteiger partial charge is 0.318 e. The van der Waals surface area contributed by atoms with Crippen LogP contribution in [0.3, 0.4) is 0 Å². The molecule has 1 aliphatic heterocycles. The van der Waals surface area contributed by atoms with Crippen molar-refractivity contribution in [2.75, 3.05) is 32.2 Å². The molecule has 3 amide bonds. The van der Waals surface area contributed by atoms with Crippen molar-refractivity contribution < 1.29 is 19.1 Å². The molecule has 24 heavy (non-hydrogen) atoms. The van der Waals surface area contributed by atoms with Crippen LogP contribution in [0.2, 0.25) is 0 Å². The monoisotopic (exact) mass is 335 g/mol. The van der Waals surface area contributed by atoms with Crippen molar-refractivity contribution in [2.45, 2.75) is 32.9 Å². The molecule has 0 bridgehead atoms. The van der Waals surface area contributed by atoms with Crippen molar-refractivity contribution in [3.05, 3.63) is 18.2 Å². The first-order valence-electron chi connectivity index (χ1n) is 7.99. The Kier molecular flexibility index (Phi) is 5.54. The van der Waals surface area contributed by atoms with E-state index in [1.807, 2.05) is 19.9 Å². The summed E-state index contributed by atoms with van der Waals surface area (Å²) in [5.74, 6) is 1.06. The normalized spacial score (nSPS) is 17.9. The number of hydrogen-bond donors (Lipinski definition) is 1. The van der Waals surface area contributed by atoms with Gasteiger partial charge in [0, 0.05) is 30.9 Å². The molecule has 0 spiro atoms. The van der Waals surface area contributed by atoms with Gasteiger partial charge in [-0.05, 0) is 32.9 Å². The lowest BCUT2D eigenvalue weighted by Crippen LogP contribution is -2.60. The van der Waals surface area contributed by atoms with Crippen molar-refractivity contribution in [3.8, 4) is 11.5 Å². The molecule has 1 saturated heterocycles. The van der Waals surface area contributed by atoms with Crippen LogP contribution < -0.4 is 19.7 Å². The number of amides is 3. The molecule has 0 aromatic heterocycles. The molecule has 1 aromatic carbocycles. The molecule has 132 valence electrons. The molecule has 1 atom stereocenters. The first-order valence-corrected chi connectivity index (χ1v) is 7.99. The summed E-state index contributed by atoms with van der Waals surface area (Å²) in [4.78, 5) is 28.2. The molecule has 7 nitrogen and oxygen atoms in total. The van der Waals surface area contributed by atoms with Gasteiger partial charge in [0.2, 0.25) is 5.91 Å². The Morgan fingerprint density at radius 3 is 2.46 bits per heavy atom. The fourth-order valence-electron chi connectivity index (χ4n) is 2.73. The third-order valence-electron chi connectivity index (χ3n) is 4.01. The van der Waals surface area contributed by atoms with E-state index in [0.717, 1.165) is 5.69 Å². The topological polar surface area (TPSA) is 71.1 Å². The second-order valence-corrected chi connectivity index (χ2v) is 6.00. The maximum Gasteiger partial charge on any atom is 0.318 e. The molecule has 0 aliphatic carbocycles. The Morgan fingerprint density at radius 1 is 1.21 bits per heavy atom. The number of carbonyl (C=O) groups is 2. The van der Waals surface area contributed by atoms with Gasteiger partial charge in [-0.1, -0.05) is 0 Å². The fourth-order valence-corrected chi connectivity index (χ4v) is 2.73. The van der Waals surface area contributed by atoms with E-state index in [9.17, 15) is 9.59 Å². The maximum atomic E-state index is 12.7. The summed E-state index contributed by atoms with van der Waals surface area (Å²) in [7, 11) is 3.12. The number of hydrogen-bond acceptors (Lipinski definition) is 4. The number of nitrogens with zero attached hydrogens (tertiary/aromatic N) is 2. The summed E-state index contributed by atoms with van der Waals surface area (Å²) >= 11 is 0. The summed E-state index contributed by atoms with van der Waals surface area (Å²) in [6.45, 7) is 6.44. The van der Waals surface area contributed by atoms with E-state index in [1.165, 1.54) is 0 Å². The average Bonchev–Trinajstić information content (AvgIpc) is 2.55. The van der Waals surface area contributed by atoms with E-state index < -0.39 is 6.04 Å². The Balaban J connectivity index is 2.18. The molecule has 1 unspecified atom stereocenters. The second kappa shape index (κ2) is 7.42. The molecule has 1 heterocycles. The third kappa shape index (κ3) is 3.55. The number of urea groups is 1. The first-order chi connectivity index (χ1) is 11.4. The van der Waals surface area contributed by atoms with Crippen LogP contribution in [0.15, 0.2) is 18.2 Å². The Morgan fingerprint density at radius 2 is 1.88 bits per heavy atom. The van der Waals surface area contributed by atoms with E-state index >= 15 is 0 Å². The van der Waals surface area contributed by atoms with Crippen LogP contribution in [0, 0.1) is 0 Å². The van der Waals surface area contributed by atoms with E-state index in [2.05, 4.69) is 5.32 Å². The maximum absolute atomic E-state index is 12.7. The summed E-state index contributed by atoms with van der Waals surface area (Å²) in [6, 6.07) is 4.65. The molecule has 1 N–H and O–H groups in total. The van der Waals surface area contributed by atoms with Crippen LogP contribution in [-0.4, -0.2) is 56.2 Å². The van der Waals surface area contributed by atoms with Crippen LogP contribution in [0.5, 0.6) is 11.5 Å². The Bertz CT molecular complexity index is 618. The van der Waals surface area contributed by atoms with Gasteiger partial charge in [0.05, 0.1) is 14.2 Å². The molecule has 2 rings (SSSR count). The number of rotatable bonds is 4. The molecule has 0 radical (unpaired) electrons. The minimum atomic E-state index is -0.523. The van der Waals surface area contributed by atoms with Crippen LogP contribution in [-0.2, 0) is 4.79 Å². The van der Waals surface area contributed by atoms with E-state index in [0.29, 0.717) is 24.6 Å². The zero-order valence-corrected chi connectivity index (χ0v) is 14.8. The van der Waals surface area contributed by atoms with Gasteiger partial charge in [0.1, 0.15) is 6.04 Å². The molecular formula is C17H25N3O4.